The number of alkyl halides is 2. The van der Waals surface area contributed by atoms with Gasteiger partial charge in [-0.3, -0.25) is 0 Å². The first-order valence-electron chi connectivity index (χ1n) is 14.9. The molecule has 0 aliphatic heterocycles. The molecule has 1 atom stereocenters. The molecule has 0 heterocycles. The molecular formula is C28H48F3NO10S2. The van der Waals surface area contributed by atoms with E-state index in [2.05, 4.69) is 27.2 Å². The van der Waals surface area contributed by atoms with Crippen LogP contribution in [0.25, 0.3) is 0 Å². The highest BCUT2D eigenvalue weighted by Gasteiger charge is 2.28. The predicted octanol–water partition coefficient (Wildman–Crippen LogP) is 5.28. The van der Waals surface area contributed by atoms with E-state index < -0.39 is 31.5 Å². The molecule has 0 aliphatic rings. The number of rotatable bonds is 30. The molecule has 11 nitrogen and oxygen atoms in total. The second-order valence-electron chi connectivity index (χ2n) is 9.62. The summed E-state index contributed by atoms with van der Waals surface area (Å²) >= 11 is 0. The highest BCUT2D eigenvalue weighted by Crippen LogP contribution is 2.16. The van der Waals surface area contributed by atoms with E-state index in [0.717, 1.165) is 12.2 Å². The molecule has 0 bridgehead atoms. The van der Waals surface area contributed by atoms with Crippen LogP contribution in [0, 0.1) is 0 Å². The molecule has 0 saturated heterocycles. The molecule has 0 aromatic heterocycles. The Morgan fingerprint density at radius 2 is 1.14 bits per heavy atom. The molecule has 1 rings (SSSR count). The van der Waals surface area contributed by atoms with Gasteiger partial charge in [0.2, 0.25) is 0 Å². The molecule has 0 saturated carbocycles. The minimum atomic E-state index is -5.24. The maximum atomic E-state index is 12.4. The van der Waals surface area contributed by atoms with Crippen molar-refractivity contribution in [3.05, 3.63) is 29.8 Å². The summed E-state index contributed by atoms with van der Waals surface area (Å²) in [7, 11) is -9.82. The second kappa shape index (κ2) is 25.6. The molecule has 1 aromatic rings. The number of halogens is 3. The summed E-state index contributed by atoms with van der Waals surface area (Å²) in [6, 6.07) is 8.26. The number of benzene rings is 1. The first-order chi connectivity index (χ1) is 21.2. The Morgan fingerprint density at radius 1 is 0.659 bits per heavy atom. The zero-order valence-electron chi connectivity index (χ0n) is 25.5. The van der Waals surface area contributed by atoms with Crippen LogP contribution in [0.3, 0.4) is 0 Å². The molecule has 44 heavy (non-hydrogen) atoms. The van der Waals surface area contributed by atoms with Crippen molar-refractivity contribution in [2.45, 2.75) is 64.0 Å². The third-order valence-corrected chi connectivity index (χ3v) is 9.13. The Morgan fingerprint density at radius 3 is 1.64 bits per heavy atom. The third-order valence-electron chi connectivity index (χ3n) is 5.95. The van der Waals surface area contributed by atoms with Crippen LogP contribution < -0.4 is 4.74 Å². The molecule has 16 heteroatoms. The Labute approximate surface area is 260 Å². The van der Waals surface area contributed by atoms with Gasteiger partial charge in [0.25, 0.3) is 20.0 Å². The van der Waals surface area contributed by atoms with Gasteiger partial charge in [0, 0.05) is 6.61 Å². The molecule has 0 radical (unpaired) electrons. The van der Waals surface area contributed by atoms with E-state index in [9.17, 15) is 25.9 Å². The molecule has 1 aromatic carbocycles. The van der Waals surface area contributed by atoms with Crippen molar-refractivity contribution in [2.75, 3.05) is 78.4 Å². The van der Waals surface area contributed by atoms with Crippen molar-refractivity contribution in [3.63, 3.8) is 0 Å². The number of sulfonamides is 1. The fourth-order valence-corrected chi connectivity index (χ4v) is 6.13. The van der Waals surface area contributed by atoms with Crippen molar-refractivity contribution in [2.24, 2.45) is 3.77 Å². The van der Waals surface area contributed by atoms with Crippen LogP contribution in [0.5, 0.6) is 5.75 Å². The van der Waals surface area contributed by atoms with Crippen LogP contribution in [0.15, 0.2) is 28.0 Å². The lowest BCUT2D eigenvalue weighted by Gasteiger charge is -2.09. The van der Waals surface area contributed by atoms with E-state index in [1.807, 2.05) is 12.1 Å². The number of hydrogen-bond donors (Lipinski definition) is 0. The van der Waals surface area contributed by atoms with Gasteiger partial charge in [-0.25, -0.2) is 12.6 Å². The van der Waals surface area contributed by atoms with Gasteiger partial charge in [0.05, 0.1) is 65.2 Å². The maximum absolute atomic E-state index is 12.4. The summed E-state index contributed by atoms with van der Waals surface area (Å²) in [6.45, 7) is 5.83. The van der Waals surface area contributed by atoms with Crippen molar-refractivity contribution < 1.29 is 58.7 Å². The summed E-state index contributed by atoms with van der Waals surface area (Å²) in [5.41, 5.74) is 1.34. The fourth-order valence-electron chi connectivity index (χ4n) is 3.67. The van der Waals surface area contributed by atoms with Gasteiger partial charge in [-0.05, 0) is 41.5 Å². The van der Waals surface area contributed by atoms with Gasteiger partial charge in [-0.1, -0.05) is 59.3 Å². The molecule has 0 N–H and O–H groups in total. The maximum Gasteiger partial charge on any atom is 0.346 e. The van der Waals surface area contributed by atoms with Crippen LogP contribution in [0.1, 0.15) is 57.4 Å². The zero-order chi connectivity index (χ0) is 32.4. The monoisotopic (exact) mass is 679 g/mol. The molecule has 0 amide bonds. The molecule has 258 valence electrons. The van der Waals surface area contributed by atoms with Crippen LogP contribution >= 0.6 is 0 Å². The van der Waals surface area contributed by atoms with E-state index >= 15 is 0 Å². The quantitative estimate of drug-likeness (QED) is 0.0992. The second-order valence-corrected chi connectivity index (χ2v) is 13.3. The number of nitrogens with zero attached hydrogens (tertiary/aromatic N) is 1. The van der Waals surface area contributed by atoms with Gasteiger partial charge >= 0.3 is 5.76 Å². The third kappa shape index (κ3) is 21.2. The summed E-state index contributed by atoms with van der Waals surface area (Å²) in [5.74, 6) is -3.83. The van der Waals surface area contributed by atoms with E-state index in [-0.39, 0.29) is 26.2 Å². The average Bonchev–Trinajstić information content (AvgIpc) is 3.00. The van der Waals surface area contributed by atoms with E-state index in [0.29, 0.717) is 52.9 Å². The summed E-state index contributed by atoms with van der Waals surface area (Å²) < 4.78 is 108. The highest BCUT2D eigenvalue weighted by atomic mass is 32.3. The zero-order valence-corrected chi connectivity index (χ0v) is 27.1. The minimum Gasteiger partial charge on any atom is -0.491 e. The number of hydrogen-bond acceptors (Lipinski definition) is 10. The molecule has 1 unspecified atom stereocenters. The van der Waals surface area contributed by atoms with E-state index in [1.54, 1.807) is 0 Å². The normalized spacial score (nSPS) is 13.3. The lowest BCUT2D eigenvalue weighted by atomic mass is 10.0. The standard InChI is InChI=1S/C28H48F3NO10S2/c1-2-3-4-5-6-7-9-26-10-12-27(13-11-26)41-24-23-40-22-21-39-20-19-38-18-17-37-16-15-36-14-8-25-43(33,34)32-44(35,42-31)28(29)30/h10-13,28H,2-9,14-25H2,1H3. The number of aryl methyl sites for hydroxylation is 1. The molecule has 0 aliphatic carbocycles. The summed E-state index contributed by atoms with van der Waals surface area (Å²) in [6.07, 6.45) is 8.75. The molecular weight excluding hydrogens is 631 g/mol. The van der Waals surface area contributed by atoms with Crippen LogP contribution in [0.2, 0.25) is 0 Å². The smallest absolute Gasteiger partial charge is 0.346 e. The molecule has 0 spiro atoms. The number of unbranched alkanes of at least 4 members (excludes halogenated alkanes) is 5. The van der Waals surface area contributed by atoms with Crippen LogP contribution in [-0.4, -0.2) is 96.8 Å². The largest absolute Gasteiger partial charge is 0.491 e. The van der Waals surface area contributed by atoms with Crippen molar-refractivity contribution in [1.29, 1.82) is 0 Å². The lowest BCUT2D eigenvalue weighted by Crippen LogP contribution is -2.16. The molecule has 0 fully saturated rings. The van der Waals surface area contributed by atoms with Crippen LogP contribution in [0.4, 0.5) is 13.3 Å². The SMILES string of the molecule is CCCCCCCCc1ccc(OCCOCCOCCOCCOCCOCCCS(=O)(=O)N=S(=O)(OF)C(F)F)cc1. The fraction of sp³-hybridized carbons (Fsp3) is 0.786. The van der Waals surface area contributed by atoms with E-state index in [1.165, 1.54) is 44.1 Å². The first kappa shape index (κ1) is 40.5. The minimum absolute atomic E-state index is 0.0533. The Bertz CT molecular complexity index is 1060. The lowest BCUT2D eigenvalue weighted by molar-refractivity contribution is -0.0126. The van der Waals surface area contributed by atoms with Gasteiger partial charge < -0.3 is 28.4 Å². The Hall–Kier alpha value is -1.53. The average molecular weight is 680 g/mol. The highest BCUT2D eigenvalue weighted by molar-refractivity contribution is 8.01. The van der Waals surface area contributed by atoms with Crippen molar-refractivity contribution in [1.82, 2.24) is 0 Å². The first-order valence-corrected chi connectivity index (χ1v) is 18.0. The van der Waals surface area contributed by atoms with E-state index in [4.69, 9.17) is 28.4 Å². The Kier molecular flexibility index (Phi) is 23.6. The van der Waals surface area contributed by atoms with Gasteiger partial charge in [0.15, 0.2) is 0 Å². The predicted molar refractivity (Wildman–Crippen MR) is 160 cm³/mol. The van der Waals surface area contributed by atoms with Gasteiger partial charge in [-0.15, -0.1) is 0 Å². The summed E-state index contributed by atoms with van der Waals surface area (Å²) in [4.78, 5) is 0. The van der Waals surface area contributed by atoms with Gasteiger partial charge in [-0.2, -0.15) is 8.78 Å². The summed E-state index contributed by atoms with van der Waals surface area (Å²) in [5, 5.41) is 0. The van der Waals surface area contributed by atoms with Crippen LogP contribution in [-0.2, 0) is 54.5 Å². The Balaban J connectivity index is 1.87. The van der Waals surface area contributed by atoms with Gasteiger partial charge in [0.1, 0.15) is 12.4 Å². The van der Waals surface area contributed by atoms with Crippen molar-refractivity contribution in [3.8, 4) is 5.75 Å². The van der Waals surface area contributed by atoms with Crippen molar-refractivity contribution >= 4 is 20.0 Å². The topological polar surface area (TPSA) is 128 Å². The number of ether oxygens (including phenoxy) is 6.